The van der Waals surface area contributed by atoms with E-state index in [2.05, 4.69) is 10.2 Å². The molecule has 0 fully saturated rings. The number of hydrogen-bond donors (Lipinski definition) is 0. The molecule has 1 aromatic carbocycles. The first-order valence-corrected chi connectivity index (χ1v) is 9.61. The van der Waals surface area contributed by atoms with Crippen LogP contribution in [0.2, 0.25) is 10.0 Å². The first-order valence-electron chi connectivity index (χ1n) is 8.86. The van der Waals surface area contributed by atoms with Crippen molar-refractivity contribution in [3.63, 3.8) is 0 Å². The molecule has 158 valence electrons. The highest BCUT2D eigenvalue weighted by Crippen LogP contribution is 2.28. The van der Waals surface area contributed by atoms with Crippen molar-refractivity contribution >= 4 is 34.8 Å². The average molecular weight is 453 g/mol. The van der Waals surface area contributed by atoms with Gasteiger partial charge in [-0.25, -0.2) is 4.68 Å². The van der Waals surface area contributed by atoms with Crippen LogP contribution in [0.4, 0.5) is 5.69 Å². The van der Waals surface area contributed by atoms with Crippen LogP contribution in [0.15, 0.2) is 36.7 Å². The van der Waals surface area contributed by atoms with Crippen LogP contribution in [0, 0.1) is 10.1 Å². The highest BCUT2D eigenvalue weighted by molar-refractivity contribution is 6.32. The standard InChI is InChI=1S/C18H18Cl2N6O4/c1-3-25-16(14(20)9-21-25)10-23(2)18(27)15-6-7-24(22-15)11-30-17-5-4-12(26(28)29)8-13(17)19/h4-9H,3,10-11H2,1-2H3. The minimum Gasteiger partial charge on any atom is -0.470 e. The minimum atomic E-state index is -0.543. The molecule has 0 unspecified atom stereocenters. The monoisotopic (exact) mass is 452 g/mol. The fourth-order valence-corrected chi connectivity index (χ4v) is 3.14. The van der Waals surface area contributed by atoms with E-state index >= 15 is 0 Å². The molecule has 3 rings (SSSR count). The fourth-order valence-electron chi connectivity index (χ4n) is 2.71. The minimum absolute atomic E-state index is 0.0248. The Balaban J connectivity index is 1.63. The van der Waals surface area contributed by atoms with Gasteiger partial charge in [0.15, 0.2) is 12.4 Å². The SMILES string of the molecule is CCn1ncc(Cl)c1CN(C)C(=O)c1ccn(COc2ccc([N+](=O)[O-])cc2Cl)n1. The van der Waals surface area contributed by atoms with Gasteiger partial charge >= 0.3 is 0 Å². The number of halogens is 2. The number of aryl methyl sites for hydroxylation is 1. The molecule has 2 heterocycles. The van der Waals surface area contributed by atoms with Gasteiger partial charge in [0.05, 0.1) is 33.4 Å². The van der Waals surface area contributed by atoms with E-state index in [1.54, 1.807) is 30.2 Å². The van der Waals surface area contributed by atoms with Gasteiger partial charge in [0.2, 0.25) is 0 Å². The van der Waals surface area contributed by atoms with E-state index in [1.807, 2.05) is 6.92 Å². The summed E-state index contributed by atoms with van der Waals surface area (Å²) in [5, 5.41) is 19.7. The van der Waals surface area contributed by atoms with E-state index in [9.17, 15) is 14.9 Å². The molecule has 30 heavy (non-hydrogen) atoms. The second-order valence-electron chi connectivity index (χ2n) is 6.30. The number of nitrogens with zero attached hydrogens (tertiary/aromatic N) is 6. The zero-order chi connectivity index (χ0) is 21.8. The Morgan fingerprint density at radius 2 is 2.07 bits per heavy atom. The molecule has 0 N–H and O–H groups in total. The lowest BCUT2D eigenvalue weighted by Crippen LogP contribution is -2.28. The van der Waals surface area contributed by atoms with Gasteiger partial charge in [0.1, 0.15) is 5.75 Å². The third-order valence-corrected chi connectivity index (χ3v) is 4.88. The van der Waals surface area contributed by atoms with Gasteiger partial charge in [-0.1, -0.05) is 23.2 Å². The zero-order valence-electron chi connectivity index (χ0n) is 16.2. The Bertz CT molecular complexity index is 1080. The number of non-ortho nitro benzene ring substituents is 1. The Morgan fingerprint density at radius 3 is 2.73 bits per heavy atom. The van der Waals surface area contributed by atoms with Gasteiger partial charge in [0, 0.05) is 31.9 Å². The summed E-state index contributed by atoms with van der Waals surface area (Å²) < 4.78 is 8.68. The second-order valence-corrected chi connectivity index (χ2v) is 7.12. The molecule has 0 aliphatic heterocycles. The Kier molecular flexibility index (Phi) is 6.58. The molecule has 1 amide bonds. The summed E-state index contributed by atoms with van der Waals surface area (Å²) in [6.07, 6.45) is 3.14. The Morgan fingerprint density at radius 1 is 1.30 bits per heavy atom. The Hall–Kier alpha value is -3.11. The highest BCUT2D eigenvalue weighted by Gasteiger charge is 2.19. The van der Waals surface area contributed by atoms with E-state index in [0.717, 1.165) is 5.69 Å². The quantitative estimate of drug-likeness (QED) is 0.381. The number of carbonyl (C=O) groups excluding carboxylic acids is 1. The third-order valence-electron chi connectivity index (χ3n) is 4.27. The van der Waals surface area contributed by atoms with E-state index in [1.165, 1.54) is 27.8 Å². The lowest BCUT2D eigenvalue weighted by Gasteiger charge is -2.17. The summed E-state index contributed by atoms with van der Waals surface area (Å²) in [5.41, 5.74) is 0.840. The van der Waals surface area contributed by atoms with Crippen molar-refractivity contribution in [3.8, 4) is 5.75 Å². The summed E-state index contributed by atoms with van der Waals surface area (Å²) in [6.45, 7) is 2.84. The second kappa shape index (κ2) is 9.14. The molecule has 3 aromatic rings. The summed E-state index contributed by atoms with van der Waals surface area (Å²) in [7, 11) is 1.65. The average Bonchev–Trinajstić information content (AvgIpc) is 3.33. The number of hydrogen-bond acceptors (Lipinski definition) is 6. The highest BCUT2D eigenvalue weighted by atomic mass is 35.5. The van der Waals surface area contributed by atoms with Gasteiger partial charge in [-0.05, 0) is 19.1 Å². The first kappa shape index (κ1) is 21.6. The van der Waals surface area contributed by atoms with Crippen molar-refractivity contribution in [1.82, 2.24) is 24.5 Å². The number of aromatic nitrogens is 4. The van der Waals surface area contributed by atoms with Crippen LogP contribution in [0.5, 0.6) is 5.75 Å². The maximum Gasteiger partial charge on any atom is 0.274 e. The van der Waals surface area contributed by atoms with E-state index in [-0.39, 0.29) is 41.3 Å². The summed E-state index contributed by atoms with van der Waals surface area (Å²) in [6, 6.07) is 5.47. The van der Waals surface area contributed by atoms with E-state index < -0.39 is 4.92 Å². The zero-order valence-corrected chi connectivity index (χ0v) is 17.7. The molecule has 0 radical (unpaired) electrons. The van der Waals surface area contributed by atoms with Crippen LogP contribution >= 0.6 is 23.2 Å². The predicted molar refractivity (Wildman–Crippen MR) is 110 cm³/mol. The lowest BCUT2D eigenvalue weighted by atomic mass is 10.3. The maximum atomic E-state index is 12.7. The predicted octanol–water partition coefficient (Wildman–Crippen LogP) is 3.62. The number of benzene rings is 1. The van der Waals surface area contributed by atoms with Crippen LogP contribution in [0.3, 0.4) is 0 Å². The number of amides is 1. The summed E-state index contributed by atoms with van der Waals surface area (Å²) >= 11 is 12.2. The topological polar surface area (TPSA) is 108 Å². The lowest BCUT2D eigenvalue weighted by molar-refractivity contribution is -0.384. The molecule has 0 aliphatic carbocycles. The van der Waals surface area contributed by atoms with Gasteiger partial charge in [-0.3, -0.25) is 19.6 Å². The third kappa shape index (κ3) is 4.71. The number of rotatable bonds is 8. The normalized spacial score (nSPS) is 10.8. The first-order chi connectivity index (χ1) is 14.3. The van der Waals surface area contributed by atoms with E-state index in [4.69, 9.17) is 27.9 Å². The molecule has 0 aliphatic rings. The molecule has 0 spiro atoms. The maximum absolute atomic E-state index is 12.7. The van der Waals surface area contributed by atoms with Crippen LogP contribution < -0.4 is 4.74 Å². The number of ether oxygens (including phenoxy) is 1. The molecule has 10 nitrogen and oxygen atoms in total. The van der Waals surface area contributed by atoms with Gasteiger partial charge in [-0.15, -0.1) is 0 Å². The molecule has 0 saturated carbocycles. The smallest absolute Gasteiger partial charge is 0.274 e. The molecule has 0 saturated heterocycles. The molecule has 0 bridgehead atoms. The van der Waals surface area contributed by atoms with Crippen molar-refractivity contribution in [2.75, 3.05) is 7.05 Å². The van der Waals surface area contributed by atoms with Crippen LogP contribution in [0.25, 0.3) is 0 Å². The Labute approximate surface area is 181 Å². The van der Waals surface area contributed by atoms with Crippen LogP contribution in [-0.2, 0) is 19.8 Å². The molecular weight excluding hydrogens is 435 g/mol. The van der Waals surface area contributed by atoms with Crippen molar-refractivity contribution in [2.45, 2.75) is 26.7 Å². The van der Waals surface area contributed by atoms with Gasteiger partial charge < -0.3 is 9.64 Å². The fraction of sp³-hybridized carbons (Fsp3) is 0.278. The van der Waals surface area contributed by atoms with E-state index in [0.29, 0.717) is 11.6 Å². The number of nitro benzene ring substituents is 1. The van der Waals surface area contributed by atoms with Crippen molar-refractivity contribution in [1.29, 1.82) is 0 Å². The van der Waals surface area contributed by atoms with Crippen molar-refractivity contribution in [3.05, 3.63) is 68.2 Å². The number of nitro groups is 1. The molecular formula is C18H18Cl2N6O4. The van der Waals surface area contributed by atoms with Crippen LogP contribution in [0.1, 0.15) is 23.1 Å². The molecule has 12 heteroatoms. The largest absolute Gasteiger partial charge is 0.470 e. The van der Waals surface area contributed by atoms with Crippen molar-refractivity contribution in [2.24, 2.45) is 0 Å². The number of carbonyl (C=O) groups is 1. The summed E-state index contributed by atoms with van der Waals surface area (Å²) in [4.78, 5) is 24.4. The van der Waals surface area contributed by atoms with Gasteiger partial charge in [-0.2, -0.15) is 10.2 Å². The molecule has 2 aromatic heterocycles. The molecule has 0 atom stereocenters. The van der Waals surface area contributed by atoms with Gasteiger partial charge in [0.25, 0.3) is 11.6 Å². The summed E-state index contributed by atoms with van der Waals surface area (Å²) in [5.74, 6) is -0.0210. The van der Waals surface area contributed by atoms with Crippen LogP contribution in [-0.4, -0.2) is 42.3 Å². The van der Waals surface area contributed by atoms with Crippen molar-refractivity contribution < 1.29 is 14.5 Å².